The molecular formula is C13H11BrFNO. The van der Waals surface area contributed by atoms with Gasteiger partial charge < -0.3 is 4.74 Å². The van der Waals surface area contributed by atoms with Crippen molar-refractivity contribution in [3.63, 3.8) is 0 Å². The molecule has 0 aliphatic rings. The van der Waals surface area contributed by atoms with Crippen LogP contribution < -0.4 is 4.74 Å². The number of halogens is 2. The minimum absolute atomic E-state index is 0.197. The van der Waals surface area contributed by atoms with Crippen molar-refractivity contribution in [2.45, 2.75) is 13.8 Å². The second kappa shape index (κ2) is 4.84. The lowest BCUT2D eigenvalue weighted by atomic mass is 10.2. The summed E-state index contributed by atoms with van der Waals surface area (Å²) in [7, 11) is 0. The third-order valence-corrected chi connectivity index (χ3v) is 2.79. The van der Waals surface area contributed by atoms with Crippen LogP contribution in [0, 0.1) is 19.7 Å². The predicted octanol–water partition coefficient (Wildman–Crippen LogP) is 4.39. The van der Waals surface area contributed by atoms with Crippen LogP contribution in [-0.4, -0.2) is 4.98 Å². The zero-order chi connectivity index (χ0) is 12.4. The van der Waals surface area contributed by atoms with E-state index in [1.165, 1.54) is 0 Å². The van der Waals surface area contributed by atoms with Crippen molar-refractivity contribution in [3.05, 3.63) is 51.9 Å². The lowest BCUT2D eigenvalue weighted by Crippen LogP contribution is -1.94. The minimum atomic E-state index is -0.350. The fraction of sp³-hybridized carbons (Fsp3) is 0.154. The standard InChI is InChI=1S/C13H11BrFNO/c1-8-4-3-5-11(12(8)15)17-13-9(2)6-10(14)7-16-13/h3-7H,1-2H3. The molecule has 0 atom stereocenters. The smallest absolute Gasteiger partial charge is 0.222 e. The van der Waals surface area contributed by atoms with E-state index in [1.54, 1.807) is 31.3 Å². The van der Waals surface area contributed by atoms with Crippen molar-refractivity contribution in [1.82, 2.24) is 4.98 Å². The summed E-state index contributed by atoms with van der Waals surface area (Å²) in [5.74, 6) is 0.261. The third-order valence-electron chi connectivity index (χ3n) is 2.36. The molecule has 0 N–H and O–H groups in total. The largest absolute Gasteiger partial charge is 0.436 e. The van der Waals surface area contributed by atoms with Crippen molar-refractivity contribution in [2.24, 2.45) is 0 Å². The van der Waals surface area contributed by atoms with Crippen molar-refractivity contribution < 1.29 is 9.13 Å². The monoisotopic (exact) mass is 295 g/mol. The molecule has 0 fully saturated rings. The highest BCUT2D eigenvalue weighted by atomic mass is 79.9. The second-order valence-electron chi connectivity index (χ2n) is 3.76. The molecule has 0 radical (unpaired) electrons. The summed E-state index contributed by atoms with van der Waals surface area (Å²) in [6.45, 7) is 3.56. The maximum Gasteiger partial charge on any atom is 0.222 e. The Morgan fingerprint density at radius 3 is 2.71 bits per heavy atom. The van der Waals surface area contributed by atoms with E-state index in [0.29, 0.717) is 11.4 Å². The van der Waals surface area contributed by atoms with Gasteiger partial charge in [-0.3, -0.25) is 0 Å². The molecule has 2 nitrogen and oxygen atoms in total. The maximum absolute atomic E-state index is 13.7. The highest BCUT2D eigenvalue weighted by Gasteiger charge is 2.09. The average molecular weight is 296 g/mol. The van der Waals surface area contributed by atoms with Gasteiger partial charge in [-0.25, -0.2) is 9.37 Å². The van der Waals surface area contributed by atoms with Gasteiger partial charge in [-0.1, -0.05) is 12.1 Å². The number of hydrogen-bond acceptors (Lipinski definition) is 2. The Morgan fingerprint density at radius 1 is 1.24 bits per heavy atom. The number of aromatic nitrogens is 1. The fourth-order valence-electron chi connectivity index (χ4n) is 1.44. The lowest BCUT2D eigenvalue weighted by Gasteiger charge is -2.09. The maximum atomic E-state index is 13.7. The molecule has 88 valence electrons. The first-order valence-corrected chi connectivity index (χ1v) is 5.92. The van der Waals surface area contributed by atoms with Crippen molar-refractivity contribution in [1.29, 1.82) is 0 Å². The lowest BCUT2D eigenvalue weighted by molar-refractivity contribution is 0.422. The molecule has 0 unspecified atom stereocenters. The molecule has 0 aliphatic carbocycles. The third kappa shape index (κ3) is 2.64. The molecule has 0 bridgehead atoms. The van der Waals surface area contributed by atoms with E-state index in [-0.39, 0.29) is 11.6 Å². The van der Waals surface area contributed by atoms with E-state index in [0.717, 1.165) is 10.0 Å². The van der Waals surface area contributed by atoms with Crippen LogP contribution in [0.2, 0.25) is 0 Å². The van der Waals surface area contributed by atoms with Crippen LogP contribution in [0.4, 0.5) is 4.39 Å². The molecule has 1 aromatic heterocycles. The Bertz CT molecular complexity index is 557. The molecule has 1 heterocycles. The number of aryl methyl sites for hydroxylation is 2. The zero-order valence-corrected chi connectivity index (χ0v) is 11.1. The summed E-state index contributed by atoms with van der Waals surface area (Å²) in [5.41, 5.74) is 1.40. The topological polar surface area (TPSA) is 22.1 Å². The zero-order valence-electron chi connectivity index (χ0n) is 9.50. The summed E-state index contributed by atoms with van der Waals surface area (Å²) in [5, 5.41) is 0. The number of hydrogen-bond donors (Lipinski definition) is 0. The highest BCUT2D eigenvalue weighted by Crippen LogP contribution is 2.27. The quantitative estimate of drug-likeness (QED) is 0.820. The Balaban J connectivity index is 2.35. The number of rotatable bonds is 2. The summed E-state index contributed by atoms with van der Waals surface area (Å²) < 4.78 is 20.1. The number of benzene rings is 1. The Kier molecular flexibility index (Phi) is 3.43. The van der Waals surface area contributed by atoms with E-state index in [1.807, 2.05) is 13.0 Å². The van der Waals surface area contributed by atoms with Crippen LogP contribution in [0.1, 0.15) is 11.1 Å². The fourth-order valence-corrected chi connectivity index (χ4v) is 1.88. The first kappa shape index (κ1) is 12.0. The van der Waals surface area contributed by atoms with Gasteiger partial charge in [0.2, 0.25) is 5.88 Å². The van der Waals surface area contributed by atoms with Gasteiger partial charge >= 0.3 is 0 Å². The van der Waals surface area contributed by atoms with Gasteiger partial charge in [-0.05, 0) is 47.5 Å². The molecule has 0 saturated heterocycles. The van der Waals surface area contributed by atoms with Crippen LogP contribution >= 0.6 is 15.9 Å². The van der Waals surface area contributed by atoms with E-state index in [4.69, 9.17) is 4.74 Å². The predicted molar refractivity (Wildman–Crippen MR) is 67.9 cm³/mol. The molecule has 1 aromatic carbocycles. The van der Waals surface area contributed by atoms with Crippen molar-refractivity contribution >= 4 is 15.9 Å². The Labute approximate surface area is 108 Å². The Hall–Kier alpha value is -1.42. The molecule has 2 rings (SSSR count). The first-order valence-electron chi connectivity index (χ1n) is 5.13. The summed E-state index contributed by atoms with van der Waals surface area (Å²) in [4.78, 5) is 4.11. The van der Waals surface area contributed by atoms with E-state index in [2.05, 4.69) is 20.9 Å². The van der Waals surface area contributed by atoms with Crippen LogP contribution in [0.5, 0.6) is 11.6 Å². The molecule has 0 amide bonds. The second-order valence-corrected chi connectivity index (χ2v) is 4.68. The average Bonchev–Trinajstić information content (AvgIpc) is 2.28. The number of pyridine rings is 1. The van der Waals surface area contributed by atoms with Crippen LogP contribution in [-0.2, 0) is 0 Å². The molecule has 0 saturated carbocycles. The van der Waals surface area contributed by atoms with Gasteiger partial charge in [-0.2, -0.15) is 0 Å². The minimum Gasteiger partial charge on any atom is -0.436 e. The van der Waals surface area contributed by atoms with Gasteiger partial charge in [0.05, 0.1) is 0 Å². The molecule has 0 spiro atoms. The van der Waals surface area contributed by atoms with Gasteiger partial charge in [0.25, 0.3) is 0 Å². The molecule has 0 aliphatic heterocycles. The molecule has 17 heavy (non-hydrogen) atoms. The summed E-state index contributed by atoms with van der Waals surface area (Å²) in [6, 6.07) is 6.91. The summed E-state index contributed by atoms with van der Waals surface area (Å²) in [6.07, 6.45) is 1.62. The van der Waals surface area contributed by atoms with E-state index < -0.39 is 0 Å². The van der Waals surface area contributed by atoms with Gasteiger partial charge in [0, 0.05) is 16.2 Å². The summed E-state index contributed by atoms with van der Waals surface area (Å²) >= 11 is 3.32. The van der Waals surface area contributed by atoms with Crippen LogP contribution in [0.15, 0.2) is 34.9 Å². The first-order chi connectivity index (χ1) is 8.08. The van der Waals surface area contributed by atoms with Crippen LogP contribution in [0.25, 0.3) is 0 Å². The molecule has 2 aromatic rings. The van der Waals surface area contributed by atoms with Gasteiger partial charge in [0.15, 0.2) is 11.6 Å². The Morgan fingerprint density at radius 2 is 2.00 bits per heavy atom. The van der Waals surface area contributed by atoms with Crippen molar-refractivity contribution in [2.75, 3.05) is 0 Å². The normalized spacial score (nSPS) is 10.4. The number of nitrogens with zero attached hydrogens (tertiary/aromatic N) is 1. The highest BCUT2D eigenvalue weighted by molar-refractivity contribution is 9.10. The number of ether oxygens (including phenoxy) is 1. The van der Waals surface area contributed by atoms with E-state index in [9.17, 15) is 4.39 Å². The molecular weight excluding hydrogens is 285 g/mol. The van der Waals surface area contributed by atoms with Gasteiger partial charge in [0.1, 0.15) is 0 Å². The van der Waals surface area contributed by atoms with E-state index >= 15 is 0 Å². The van der Waals surface area contributed by atoms with Gasteiger partial charge in [-0.15, -0.1) is 0 Å². The van der Waals surface area contributed by atoms with Crippen molar-refractivity contribution in [3.8, 4) is 11.6 Å². The van der Waals surface area contributed by atoms with Crippen LogP contribution in [0.3, 0.4) is 0 Å². The molecule has 4 heteroatoms. The SMILES string of the molecule is Cc1cc(Br)cnc1Oc1cccc(C)c1F.